The van der Waals surface area contributed by atoms with E-state index in [1.807, 2.05) is 0 Å². The Kier molecular flexibility index (Phi) is 4.75. The molecule has 0 saturated heterocycles. The zero-order valence-electron chi connectivity index (χ0n) is 6.60. The van der Waals surface area contributed by atoms with Crippen LogP contribution in [0, 0.1) is 0 Å². The Morgan fingerprint density at radius 3 is 1.53 bits per heavy atom. The Balaban J connectivity index is 3.45. The number of halogens is 5. The van der Waals surface area contributed by atoms with E-state index in [0.717, 1.165) is 0 Å². The summed E-state index contributed by atoms with van der Waals surface area (Å²) in [6.07, 6.45) is 0. The second-order valence-corrected chi connectivity index (χ2v) is 4.78. The van der Waals surface area contributed by atoms with Crippen molar-refractivity contribution in [3.8, 4) is 5.75 Å². The van der Waals surface area contributed by atoms with E-state index in [1.165, 1.54) is 0 Å². The molecule has 15 heavy (non-hydrogen) atoms. The third-order valence-electron chi connectivity index (χ3n) is 1.34. The second kappa shape index (κ2) is 5.24. The van der Waals surface area contributed by atoms with Crippen LogP contribution in [0.1, 0.15) is 0 Å². The summed E-state index contributed by atoms with van der Waals surface area (Å²) in [4.78, 5) is 8.56. The highest BCUT2D eigenvalue weighted by atomic mass is 35.5. The maximum absolute atomic E-state index is 10.5. The van der Waals surface area contributed by atoms with E-state index in [0.29, 0.717) is 0 Å². The molecule has 3 nitrogen and oxygen atoms in total. The van der Waals surface area contributed by atoms with Crippen molar-refractivity contribution in [3.05, 3.63) is 25.1 Å². The second-order valence-electron chi connectivity index (χ2n) is 2.23. The molecule has 0 fully saturated rings. The van der Waals surface area contributed by atoms with Crippen LogP contribution in [0.25, 0.3) is 0 Å². The van der Waals surface area contributed by atoms with Crippen molar-refractivity contribution in [2.24, 2.45) is 0 Å². The van der Waals surface area contributed by atoms with Crippen LogP contribution in [0.2, 0.25) is 25.1 Å². The highest BCUT2D eigenvalue weighted by molar-refractivity contribution is 7.32. The van der Waals surface area contributed by atoms with Gasteiger partial charge in [-0.3, -0.25) is 0 Å². The average molecular weight is 329 g/mol. The molecule has 0 spiro atoms. The van der Waals surface area contributed by atoms with Gasteiger partial charge >= 0.3 is 8.25 Å². The van der Waals surface area contributed by atoms with Crippen LogP contribution in [0.15, 0.2) is 0 Å². The molecular formula is C6HCl5O3P+. The Morgan fingerprint density at radius 2 is 1.20 bits per heavy atom. The molecule has 0 aliphatic rings. The Bertz CT molecular complexity index is 406. The molecule has 1 unspecified atom stereocenters. The minimum Gasteiger partial charge on any atom is -0.226 e. The molecule has 0 heterocycles. The van der Waals surface area contributed by atoms with E-state index in [4.69, 9.17) is 62.9 Å². The van der Waals surface area contributed by atoms with Gasteiger partial charge in [0.15, 0.2) is 0 Å². The molecule has 0 aliphatic carbocycles. The summed E-state index contributed by atoms with van der Waals surface area (Å²) in [5, 5.41) is -0.588. The third kappa shape index (κ3) is 2.80. The standard InChI is InChI=1S/C6Cl5O3P/c7-1-2(8)4(10)6(14-15(12)13)5(11)3(1)9/p+1. The SMILES string of the molecule is O=[P+](O)Oc1c(Cl)c(Cl)c(Cl)c(Cl)c1Cl. The van der Waals surface area contributed by atoms with Gasteiger partial charge in [-0.1, -0.05) is 58.0 Å². The van der Waals surface area contributed by atoms with Gasteiger partial charge in [0.2, 0.25) is 5.75 Å². The van der Waals surface area contributed by atoms with Gasteiger partial charge in [-0.2, -0.15) is 0 Å². The van der Waals surface area contributed by atoms with Crippen LogP contribution in [-0.2, 0) is 4.57 Å². The maximum Gasteiger partial charge on any atom is 0.747 e. The first-order chi connectivity index (χ1) is 6.86. The van der Waals surface area contributed by atoms with Crippen molar-refractivity contribution in [2.75, 3.05) is 0 Å². The van der Waals surface area contributed by atoms with Crippen LogP contribution in [0.4, 0.5) is 0 Å². The zero-order chi connectivity index (χ0) is 11.7. The lowest BCUT2D eigenvalue weighted by Crippen LogP contribution is -1.87. The molecule has 0 saturated carbocycles. The molecule has 1 N–H and O–H groups in total. The quantitative estimate of drug-likeness (QED) is 0.473. The van der Waals surface area contributed by atoms with Gasteiger partial charge < -0.3 is 0 Å². The van der Waals surface area contributed by atoms with Crippen molar-refractivity contribution < 1.29 is 14.0 Å². The van der Waals surface area contributed by atoms with Crippen molar-refractivity contribution in [1.82, 2.24) is 0 Å². The summed E-state index contributed by atoms with van der Waals surface area (Å²) >= 11 is 28.4. The van der Waals surface area contributed by atoms with Gasteiger partial charge in [-0.25, -0.2) is 4.52 Å². The van der Waals surface area contributed by atoms with Crippen LogP contribution in [0.5, 0.6) is 5.75 Å². The molecule has 0 aromatic heterocycles. The summed E-state index contributed by atoms with van der Waals surface area (Å²) in [6, 6.07) is 0. The molecule has 1 atom stereocenters. The number of benzene rings is 1. The van der Waals surface area contributed by atoms with Crippen molar-refractivity contribution >= 4 is 66.3 Å². The van der Waals surface area contributed by atoms with Gasteiger partial charge in [0.1, 0.15) is 10.0 Å². The molecule has 9 heteroatoms. The Hall–Kier alpha value is 0.530. The van der Waals surface area contributed by atoms with E-state index in [2.05, 4.69) is 4.52 Å². The highest BCUT2D eigenvalue weighted by Crippen LogP contribution is 2.49. The third-order valence-corrected chi connectivity index (χ3v) is 3.92. The van der Waals surface area contributed by atoms with Crippen molar-refractivity contribution in [3.63, 3.8) is 0 Å². The molecule has 0 bridgehead atoms. The van der Waals surface area contributed by atoms with E-state index < -0.39 is 8.25 Å². The molecule has 1 aromatic rings. The topological polar surface area (TPSA) is 46.5 Å². The Morgan fingerprint density at radius 1 is 0.867 bits per heavy atom. The first-order valence-corrected chi connectivity index (χ1v) is 6.23. The summed E-state index contributed by atoms with van der Waals surface area (Å²) in [6.45, 7) is 0. The van der Waals surface area contributed by atoms with E-state index in [9.17, 15) is 4.57 Å². The van der Waals surface area contributed by atoms with Crippen LogP contribution >= 0.6 is 66.3 Å². The molecule has 1 rings (SSSR count). The van der Waals surface area contributed by atoms with E-state index >= 15 is 0 Å². The lowest BCUT2D eigenvalue weighted by atomic mass is 10.3. The Labute approximate surface area is 111 Å². The molecule has 0 aliphatic heterocycles. The van der Waals surface area contributed by atoms with E-state index in [-0.39, 0.29) is 30.9 Å². The molecule has 0 amide bonds. The number of hydrogen-bond donors (Lipinski definition) is 1. The molecule has 1 aromatic carbocycles. The summed E-state index contributed by atoms with van der Waals surface area (Å²) in [7, 11) is -2.92. The molecular weight excluding hydrogens is 328 g/mol. The van der Waals surface area contributed by atoms with Crippen LogP contribution < -0.4 is 4.52 Å². The minimum atomic E-state index is -2.92. The van der Waals surface area contributed by atoms with Crippen molar-refractivity contribution in [2.45, 2.75) is 0 Å². The lowest BCUT2D eigenvalue weighted by Gasteiger charge is -2.06. The summed E-state index contributed by atoms with van der Waals surface area (Å²) < 4.78 is 14.9. The summed E-state index contributed by atoms with van der Waals surface area (Å²) in [5.74, 6) is -0.277. The fourth-order valence-corrected chi connectivity index (χ4v) is 2.39. The van der Waals surface area contributed by atoms with Gasteiger partial charge in [-0.05, 0) is 0 Å². The largest absolute Gasteiger partial charge is 0.747 e. The predicted molar refractivity (Wildman–Crippen MR) is 61.9 cm³/mol. The minimum absolute atomic E-state index is 0.0474. The van der Waals surface area contributed by atoms with Crippen LogP contribution in [0.3, 0.4) is 0 Å². The average Bonchev–Trinajstić information content (AvgIpc) is 2.18. The zero-order valence-corrected chi connectivity index (χ0v) is 11.3. The fraction of sp³-hybridized carbons (Fsp3) is 0. The fourth-order valence-electron chi connectivity index (χ4n) is 0.743. The monoisotopic (exact) mass is 327 g/mol. The van der Waals surface area contributed by atoms with Gasteiger partial charge in [-0.15, -0.1) is 4.89 Å². The highest BCUT2D eigenvalue weighted by Gasteiger charge is 2.27. The molecule has 0 radical (unpaired) electrons. The molecule has 82 valence electrons. The van der Waals surface area contributed by atoms with Gasteiger partial charge in [0.25, 0.3) is 0 Å². The van der Waals surface area contributed by atoms with E-state index in [1.54, 1.807) is 0 Å². The smallest absolute Gasteiger partial charge is 0.226 e. The van der Waals surface area contributed by atoms with Gasteiger partial charge in [0.05, 0.1) is 15.1 Å². The first kappa shape index (κ1) is 13.6. The summed E-state index contributed by atoms with van der Waals surface area (Å²) in [5.41, 5.74) is 0. The lowest BCUT2D eigenvalue weighted by molar-refractivity contribution is 0.410. The van der Waals surface area contributed by atoms with Gasteiger partial charge in [0, 0.05) is 4.57 Å². The first-order valence-electron chi connectivity index (χ1n) is 3.21. The number of hydrogen-bond acceptors (Lipinski definition) is 2. The predicted octanol–water partition coefficient (Wildman–Crippen LogP) is 4.98. The maximum atomic E-state index is 10.5. The normalized spacial score (nSPS) is 11.5. The van der Waals surface area contributed by atoms with Crippen molar-refractivity contribution in [1.29, 1.82) is 0 Å². The van der Waals surface area contributed by atoms with Crippen LogP contribution in [-0.4, -0.2) is 4.89 Å². The number of rotatable bonds is 2.